The van der Waals surface area contributed by atoms with Crippen LogP contribution in [0.3, 0.4) is 0 Å². The Balaban J connectivity index is 1.63. The molecule has 7 heteroatoms. The number of amides is 1. The molecule has 3 rings (SSSR count). The SMILES string of the molecule is O=C(C=Cc1ccc(C(F)(F)F)cc1F)N1CCC[C@H]1CN1CCCCC1. The summed E-state index contributed by atoms with van der Waals surface area (Å²) in [7, 11) is 0. The molecule has 0 aliphatic carbocycles. The highest BCUT2D eigenvalue weighted by Gasteiger charge is 2.31. The number of likely N-dealkylation sites (tertiary alicyclic amines) is 2. The molecule has 1 aromatic carbocycles. The van der Waals surface area contributed by atoms with E-state index in [0.29, 0.717) is 12.6 Å². The maximum absolute atomic E-state index is 13.9. The minimum atomic E-state index is -4.59. The van der Waals surface area contributed by atoms with Crippen molar-refractivity contribution in [3.63, 3.8) is 0 Å². The lowest BCUT2D eigenvalue weighted by atomic mass is 10.1. The van der Waals surface area contributed by atoms with E-state index >= 15 is 0 Å². The molecule has 2 aliphatic rings. The van der Waals surface area contributed by atoms with Gasteiger partial charge in [-0.25, -0.2) is 4.39 Å². The van der Waals surface area contributed by atoms with Crippen LogP contribution in [0.4, 0.5) is 17.6 Å². The third-order valence-electron chi connectivity index (χ3n) is 5.31. The summed E-state index contributed by atoms with van der Waals surface area (Å²) in [6.45, 7) is 3.64. The van der Waals surface area contributed by atoms with Gasteiger partial charge in [0.15, 0.2) is 0 Å². The number of hydrogen-bond donors (Lipinski definition) is 0. The van der Waals surface area contributed by atoms with Crippen LogP contribution in [0.5, 0.6) is 0 Å². The highest BCUT2D eigenvalue weighted by Crippen LogP contribution is 2.30. The Morgan fingerprint density at radius 2 is 1.85 bits per heavy atom. The Morgan fingerprint density at radius 1 is 1.11 bits per heavy atom. The van der Waals surface area contributed by atoms with Gasteiger partial charge in [0.2, 0.25) is 5.91 Å². The molecule has 2 heterocycles. The zero-order valence-electron chi connectivity index (χ0n) is 15.1. The number of carbonyl (C=O) groups is 1. The molecule has 0 bridgehead atoms. The van der Waals surface area contributed by atoms with Gasteiger partial charge >= 0.3 is 6.18 Å². The second kappa shape index (κ2) is 8.42. The predicted octanol–water partition coefficient (Wildman–Crippen LogP) is 4.33. The van der Waals surface area contributed by atoms with Crippen LogP contribution in [0.1, 0.15) is 43.2 Å². The van der Waals surface area contributed by atoms with Gasteiger partial charge in [-0.05, 0) is 57.0 Å². The summed E-state index contributed by atoms with van der Waals surface area (Å²) >= 11 is 0. The Bertz CT molecular complexity index is 696. The molecular formula is C20H24F4N2O. The molecule has 1 amide bonds. The van der Waals surface area contributed by atoms with Crippen molar-refractivity contribution in [2.75, 3.05) is 26.2 Å². The summed E-state index contributed by atoms with van der Waals surface area (Å²) in [6.07, 6.45) is 3.45. The number of hydrogen-bond acceptors (Lipinski definition) is 2. The van der Waals surface area contributed by atoms with Crippen molar-refractivity contribution in [3.8, 4) is 0 Å². The lowest BCUT2D eigenvalue weighted by Gasteiger charge is -2.32. The van der Waals surface area contributed by atoms with E-state index in [0.717, 1.165) is 44.6 Å². The lowest BCUT2D eigenvalue weighted by Crippen LogP contribution is -2.44. The molecule has 2 saturated heterocycles. The fraction of sp³-hybridized carbons (Fsp3) is 0.550. The fourth-order valence-electron chi connectivity index (χ4n) is 3.85. The topological polar surface area (TPSA) is 23.6 Å². The average Bonchev–Trinajstić information content (AvgIpc) is 3.08. The summed E-state index contributed by atoms with van der Waals surface area (Å²) in [6, 6.07) is 2.48. The van der Waals surface area contributed by atoms with E-state index in [1.165, 1.54) is 31.4 Å². The molecular weight excluding hydrogens is 360 g/mol. The zero-order valence-corrected chi connectivity index (χ0v) is 15.1. The summed E-state index contributed by atoms with van der Waals surface area (Å²) < 4.78 is 51.7. The molecule has 0 N–H and O–H groups in total. The molecule has 2 aliphatic heterocycles. The third-order valence-corrected chi connectivity index (χ3v) is 5.31. The monoisotopic (exact) mass is 384 g/mol. The minimum absolute atomic E-state index is 0.0249. The summed E-state index contributed by atoms with van der Waals surface area (Å²) in [4.78, 5) is 16.7. The van der Waals surface area contributed by atoms with Crippen molar-refractivity contribution < 1.29 is 22.4 Å². The molecule has 2 fully saturated rings. The van der Waals surface area contributed by atoms with Crippen LogP contribution in [0.25, 0.3) is 6.08 Å². The van der Waals surface area contributed by atoms with Gasteiger partial charge in [-0.2, -0.15) is 13.2 Å². The van der Waals surface area contributed by atoms with Crippen LogP contribution in [0, 0.1) is 5.82 Å². The second-order valence-corrected chi connectivity index (χ2v) is 7.26. The van der Waals surface area contributed by atoms with Crippen molar-refractivity contribution in [1.82, 2.24) is 9.80 Å². The Kier molecular flexibility index (Phi) is 6.19. The van der Waals surface area contributed by atoms with Gasteiger partial charge in [0, 0.05) is 30.8 Å². The van der Waals surface area contributed by atoms with Crippen LogP contribution >= 0.6 is 0 Å². The average molecular weight is 384 g/mol. The summed E-state index contributed by atoms with van der Waals surface area (Å²) in [5.41, 5.74) is -1.06. The van der Waals surface area contributed by atoms with Crippen LogP contribution in [-0.4, -0.2) is 47.9 Å². The van der Waals surface area contributed by atoms with Gasteiger partial charge in [-0.15, -0.1) is 0 Å². The van der Waals surface area contributed by atoms with Crippen molar-refractivity contribution in [1.29, 1.82) is 0 Å². The summed E-state index contributed by atoms with van der Waals surface area (Å²) in [5, 5.41) is 0. The van der Waals surface area contributed by atoms with E-state index in [2.05, 4.69) is 4.90 Å². The number of alkyl halides is 3. The molecule has 1 atom stereocenters. The molecule has 148 valence electrons. The number of benzene rings is 1. The van der Waals surface area contributed by atoms with Gasteiger partial charge in [0.05, 0.1) is 5.56 Å². The minimum Gasteiger partial charge on any atom is -0.335 e. The maximum atomic E-state index is 13.9. The number of nitrogens with zero attached hydrogens (tertiary/aromatic N) is 2. The first-order chi connectivity index (χ1) is 12.8. The third kappa shape index (κ3) is 5.09. The van der Waals surface area contributed by atoms with Crippen molar-refractivity contribution in [2.24, 2.45) is 0 Å². The van der Waals surface area contributed by atoms with Crippen molar-refractivity contribution in [3.05, 3.63) is 41.2 Å². The van der Waals surface area contributed by atoms with E-state index in [9.17, 15) is 22.4 Å². The quantitative estimate of drug-likeness (QED) is 0.570. The maximum Gasteiger partial charge on any atom is 0.416 e. The number of rotatable bonds is 4. The number of halogens is 4. The van der Waals surface area contributed by atoms with E-state index < -0.39 is 17.6 Å². The van der Waals surface area contributed by atoms with Gasteiger partial charge in [0.25, 0.3) is 0 Å². The second-order valence-electron chi connectivity index (χ2n) is 7.26. The molecule has 27 heavy (non-hydrogen) atoms. The van der Waals surface area contributed by atoms with Gasteiger partial charge in [0.1, 0.15) is 5.82 Å². The molecule has 1 aromatic rings. The van der Waals surface area contributed by atoms with E-state index in [-0.39, 0.29) is 17.5 Å². The lowest BCUT2D eigenvalue weighted by molar-refractivity contribution is -0.137. The van der Waals surface area contributed by atoms with Crippen molar-refractivity contribution >= 4 is 12.0 Å². The molecule has 0 radical (unpaired) electrons. The Hall–Kier alpha value is -1.89. The largest absolute Gasteiger partial charge is 0.416 e. The molecule has 0 aromatic heterocycles. The van der Waals surface area contributed by atoms with Gasteiger partial charge < -0.3 is 9.80 Å². The Morgan fingerprint density at radius 3 is 2.52 bits per heavy atom. The standard InChI is InChI=1S/C20H24F4N2O/c21-18-13-16(20(22,23)24)8-6-15(18)7-9-19(27)26-12-4-5-17(26)14-25-10-2-1-3-11-25/h6-9,13,17H,1-5,10-12,14H2/t17-/m0/s1. The van der Waals surface area contributed by atoms with E-state index in [1.807, 2.05) is 0 Å². The zero-order chi connectivity index (χ0) is 19.4. The highest BCUT2D eigenvalue weighted by molar-refractivity contribution is 5.92. The smallest absolute Gasteiger partial charge is 0.335 e. The molecule has 3 nitrogen and oxygen atoms in total. The predicted molar refractivity (Wildman–Crippen MR) is 95.5 cm³/mol. The molecule has 0 saturated carbocycles. The van der Waals surface area contributed by atoms with E-state index in [4.69, 9.17) is 0 Å². The first-order valence-electron chi connectivity index (χ1n) is 9.42. The van der Waals surface area contributed by atoms with Crippen molar-refractivity contribution in [2.45, 2.75) is 44.3 Å². The summed E-state index contributed by atoms with van der Waals surface area (Å²) in [5.74, 6) is -1.20. The van der Waals surface area contributed by atoms with E-state index in [1.54, 1.807) is 4.90 Å². The molecule has 0 unspecified atom stereocenters. The van der Waals surface area contributed by atoms with Crippen LogP contribution < -0.4 is 0 Å². The fourth-order valence-corrected chi connectivity index (χ4v) is 3.85. The molecule has 0 spiro atoms. The van der Waals surface area contributed by atoms with Crippen LogP contribution in [-0.2, 0) is 11.0 Å². The van der Waals surface area contributed by atoms with Gasteiger partial charge in [-0.1, -0.05) is 12.5 Å². The van der Waals surface area contributed by atoms with Crippen LogP contribution in [0.2, 0.25) is 0 Å². The number of carbonyl (C=O) groups excluding carboxylic acids is 1. The first kappa shape index (κ1) is 19.9. The normalized spacial score (nSPS) is 21.9. The van der Waals surface area contributed by atoms with Crippen LogP contribution in [0.15, 0.2) is 24.3 Å². The first-order valence-corrected chi connectivity index (χ1v) is 9.42. The van der Waals surface area contributed by atoms with Gasteiger partial charge in [-0.3, -0.25) is 4.79 Å². The number of piperidine rings is 1. The highest BCUT2D eigenvalue weighted by atomic mass is 19.4. The Labute approximate surface area is 156 Å².